The van der Waals surface area contributed by atoms with Crippen LogP contribution in [-0.4, -0.2) is 11.9 Å². The van der Waals surface area contributed by atoms with Gasteiger partial charge in [0.05, 0.1) is 12.0 Å². The van der Waals surface area contributed by atoms with E-state index in [4.69, 9.17) is 9.15 Å². The first-order valence-electron chi connectivity index (χ1n) is 9.60. The van der Waals surface area contributed by atoms with E-state index in [2.05, 4.69) is 15.9 Å². The van der Waals surface area contributed by atoms with E-state index >= 15 is 0 Å². The number of para-hydroxylation sites is 1. The molecule has 1 heterocycles. The van der Waals surface area contributed by atoms with Crippen LogP contribution in [0.15, 0.2) is 63.8 Å². The van der Waals surface area contributed by atoms with Crippen molar-refractivity contribution in [1.29, 1.82) is 0 Å². The molecule has 0 spiro atoms. The summed E-state index contributed by atoms with van der Waals surface area (Å²) in [5.74, 6) is 1.43. The molecule has 0 saturated carbocycles. The lowest BCUT2D eigenvalue weighted by Crippen LogP contribution is -2.00. The quantitative estimate of drug-likeness (QED) is 0.270. The third-order valence-electron chi connectivity index (χ3n) is 4.57. The van der Waals surface area contributed by atoms with E-state index in [0.29, 0.717) is 16.7 Å². The summed E-state index contributed by atoms with van der Waals surface area (Å²) in [6, 6.07) is 16.6. The van der Waals surface area contributed by atoms with Crippen LogP contribution in [0.4, 0.5) is 0 Å². The highest BCUT2D eigenvalue weighted by atomic mass is 79.9. The Kier molecular flexibility index (Phi) is 7.52. The van der Waals surface area contributed by atoms with Crippen LogP contribution < -0.4 is 10.2 Å². The van der Waals surface area contributed by atoms with Crippen LogP contribution in [0.1, 0.15) is 38.5 Å². The van der Waals surface area contributed by atoms with Crippen molar-refractivity contribution in [2.75, 3.05) is 11.9 Å². The molecule has 0 fully saturated rings. The fraction of sp³-hybridized carbons (Fsp3) is 0.348. The SMILES string of the molecule is O=c1cc(-c2ccc(OCCCCCCCCBr)cc2)oc2ccccc12. The Morgan fingerprint density at radius 2 is 1.56 bits per heavy atom. The maximum Gasteiger partial charge on any atom is 0.193 e. The summed E-state index contributed by atoms with van der Waals surface area (Å²) in [5, 5.41) is 1.71. The van der Waals surface area contributed by atoms with E-state index < -0.39 is 0 Å². The van der Waals surface area contributed by atoms with E-state index in [0.717, 1.165) is 29.7 Å². The highest BCUT2D eigenvalue weighted by Gasteiger charge is 2.06. The molecular formula is C23H25BrO3. The van der Waals surface area contributed by atoms with Crippen LogP contribution in [0.2, 0.25) is 0 Å². The summed E-state index contributed by atoms with van der Waals surface area (Å²) < 4.78 is 11.7. The van der Waals surface area contributed by atoms with Crippen molar-refractivity contribution < 1.29 is 9.15 Å². The number of hydrogen-bond donors (Lipinski definition) is 0. The second-order valence-electron chi connectivity index (χ2n) is 6.65. The fourth-order valence-corrected chi connectivity index (χ4v) is 3.45. The molecule has 0 aliphatic heterocycles. The average Bonchev–Trinajstić information content (AvgIpc) is 2.70. The molecule has 1 aromatic heterocycles. The second-order valence-corrected chi connectivity index (χ2v) is 7.45. The molecule has 0 atom stereocenters. The molecule has 142 valence electrons. The third-order valence-corrected chi connectivity index (χ3v) is 5.13. The molecule has 0 aliphatic carbocycles. The first-order chi connectivity index (χ1) is 13.3. The zero-order chi connectivity index (χ0) is 18.9. The van der Waals surface area contributed by atoms with E-state index in [1.807, 2.05) is 42.5 Å². The third kappa shape index (κ3) is 5.70. The number of halogens is 1. The standard InChI is InChI=1S/C23H25BrO3/c24-15-7-3-1-2-4-8-16-26-19-13-11-18(12-14-19)23-17-21(25)20-9-5-6-10-22(20)27-23/h5-6,9-14,17H,1-4,7-8,15-16H2. The topological polar surface area (TPSA) is 39.4 Å². The van der Waals surface area contributed by atoms with Crippen LogP contribution in [-0.2, 0) is 0 Å². The Hall–Kier alpha value is -2.07. The van der Waals surface area contributed by atoms with Crippen LogP contribution >= 0.6 is 15.9 Å². The van der Waals surface area contributed by atoms with Crippen molar-refractivity contribution in [1.82, 2.24) is 0 Å². The minimum atomic E-state index is -0.0247. The summed E-state index contributed by atoms with van der Waals surface area (Å²) in [6.45, 7) is 0.739. The summed E-state index contributed by atoms with van der Waals surface area (Å²) in [6.07, 6.45) is 7.43. The van der Waals surface area contributed by atoms with Gasteiger partial charge in [-0.3, -0.25) is 4.79 Å². The highest BCUT2D eigenvalue weighted by molar-refractivity contribution is 9.09. The van der Waals surface area contributed by atoms with Crippen molar-refractivity contribution in [3.63, 3.8) is 0 Å². The maximum atomic E-state index is 12.2. The van der Waals surface area contributed by atoms with Gasteiger partial charge in [0.15, 0.2) is 5.43 Å². The van der Waals surface area contributed by atoms with Gasteiger partial charge in [-0.05, 0) is 49.2 Å². The fourth-order valence-electron chi connectivity index (χ4n) is 3.06. The lowest BCUT2D eigenvalue weighted by molar-refractivity contribution is 0.304. The maximum absolute atomic E-state index is 12.2. The van der Waals surface area contributed by atoms with Gasteiger partial charge in [-0.2, -0.15) is 0 Å². The smallest absolute Gasteiger partial charge is 0.193 e. The first-order valence-corrected chi connectivity index (χ1v) is 10.7. The van der Waals surface area contributed by atoms with Crippen LogP contribution in [0.5, 0.6) is 5.75 Å². The number of hydrogen-bond acceptors (Lipinski definition) is 3. The van der Waals surface area contributed by atoms with E-state index in [-0.39, 0.29) is 5.43 Å². The van der Waals surface area contributed by atoms with Gasteiger partial charge in [0, 0.05) is 17.0 Å². The molecule has 0 amide bonds. The molecule has 0 radical (unpaired) electrons. The molecule has 0 saturated heterocycles. The second kappa shape index (κ2) is 10.3. The van der Waals surface area contributed by atoms with Gasteiger partial charge in [0.2, 0.25) is 0 Å². The number of benzene rings is 2. The molecule has 3 nitrogen and oxygen atoms in total. The average molecular weight is 429 g/mol. The minimum absolute atomic E-state index is 0.0247. The summed E-state index contributed by atoms with van der Waals surface area (Å²) in [7, 11) is 0. The van der Waals surface area contributed by atoms with Gasteiger partial charge >= 0.3 is 0 Å². The Balaban J connectivity index is 1.53. The van der Waals surface area contributed by atoms with E-state index in [9.17, 15) is 4.79 Å². The molecule has 0 bridgehead atoms. The zero-order valence-electron chi connectivity index (χ0n) is 15.5. The summed E-state index contributed by atoms with van der Waals surface area (Å²) in [4.78, 5) is 12.2. The van der Waals surface area contributed by atoms with Gasteiger partial charge in [-0.1, -0.05) is 53.7 Å². The van der Waals surface area contributed by atoms with Crippen LogP contribution in [0.3, 0.4) is 0 Å². The van der Waals surface area contributed by atoms with Gasteiger partial charge < -0.3 is 9.15 Å². The number of rotatable bonds is 10. The van der Waals surface area contributed by atoms with Gasteiger partial charge in [-0.15, -0.1) is 0 Å². The Bertz CT molecular complexity index is 899. The monoisotopic (exact) mass is 428 g/mol. The predicted octanol–water partition coefficient (Wildman–Crippen LogP) is 6.57. The lowest BCUT2D eigenvalue weighted by Gasteiger charge is -2.08. The Morgan fingerprint density at radius 1 is 0.852 bits per heavy atom. The van der Waals surface area contributed by atoms with Crippen LogP contribution in [0, 0.1) is 0 Å². The molecular weight excluding hydrogens is 404 g/mol. The highest BCUT2D eigenvalue weighted by Crippen LogP contribution is 2.24. The molecule has 4 heteroatoms. The number of alkyl halides is 1. The van der Waals surface area contributed by atoms with Crippen molar-refractivity contribution in [3.05, 3.63) is 64.8 Å². The summed E-state index contributed by atoms with van der Waals surface area (Å²) >= 11 is 3.46. The molecule has 0 aliphatic rings. The van der Waals surface area contributed by atoms with Crippen molar-refractivity contribution >= 4 is 26.9 Å². The lowest BCUT2D eigenvalue weighted by atomic mass is 10.1. The van der Waals surface area contributed by atoms with Gasteiger partial charge in [0.25, 0.3) is 0 Å². The molecule has 27 heavy (non-hydrogen) atoms. The Morgan fingerprint density at radius 3 is 2.33 bits per heavy atom. The van der Waals surface area contributed by atoms with Crippen molar-refractivity contribution in [3.8, 4) is 17.1 Å². The predicted molar refractivity (Wildman–Crippen MR) is 115 cm³/mol. The molecule has 0 unspecified atom stereocenters. The molecule has 2 aromatic carbocycles. The first kappa shape index (κ1) is 19.7. The van der Waals surface area contributed by atoms with Crippen molar-refractivity contribution in [2.45, 2.75) is 38.5 Å². The molecule has 3 aromatic rings. The zero-order valence-corrected chi connectivity index (χ0v) is 17.0. The Labute approximate surface area is 168 Å². The van der Waals surface area contributed by atoms with E-state index in [1.54, 1.807) is 12.1 Å². The number of ether oxygens (including phenoxy) is 1. The molecule has 0 N–H and O–H groups in total. The minimum Gasteiger partial charge on any atom is -0.494 e. The number of unbranched alkanes of at least 4 members (excludes halogenated alkanes) is 5. The van der Waals surface area contributed by atoms with Gasteiger partial charge in [0.1, 0.15) is 17.1 Å². The van der Waals surface area contributed by atoms with E-state index in [1.165, 1.54) is 32.1 Å². The summed E-state index contributed by atoms with van der Waals surface area (Å²) in [5.41, 5.74) is 1.46. The van der Waals surface area contributed by atoms with Gasteiger partial charge in [-0.25, -0.2) is 0 Å². The largest absolute Gasteiger partial charge is 0.494 e. The van der Waals surface area contributed by atoms with Crippen molar-refractivity contribution in [2.24, 2.45) is 0 Å². The van der Waals surface area contributed by atoms with Crippen LogP contribution in [0.25, 0.3) is 22.3 Å². The normalized spacial score (nSPS) is 11.0. The molecule has 3 rings (SSSR count). The number of fused-ring (bicyclic) bond motifs is 1.